The first-order chi connectivity index (χ1) is 12.1. The Hall–Kier alpha value is -2.39. The van der Waals surface area contributed by atoms with E-state index in [0.717, 1.165) is 0 Å². The molecule has 2 rings (SSSR count). The largest absolute Gasteiger partial charge is 0.456 e. The highest BCUT2D eigenvalue weighted by Crippen LogP contribution is 2.37. The summed E-state index contributed by atoms with van der Waals surface area (Å²) >= 11 is 1.35. The SMILES string of the molecule is CSc1cc(F)ccc1-c1c(C#N)c(C)nc(C)c1C(=O)OC(C)(C)C. The molecule has 4 nitrogen and oxygen atoms in total. The van der Waals surface area contributed by atoms with Crippen LogP contribution in [0.5, 0.6) is 0 Å². The fourth-order valence-corrected chi connectivity index (χ4v) is 3.33. The van der Waals surface area contributed by atoms with E-state index in [0.29, 0.717) is 33.0 Å². The van der Waals surface area contributed by atoms with Crippen LogP contribution in [0.1, 0.15) is 48.1 Å². The number of nitrogens with zero attached hydrogens (tertiary/aromatic N) is 2. The van der Waals surface area contributed by atoms with Crippen molar-refractivity contribution >= 4 is 17.7 Å². The minimum atomic E-state index is -0.691. The van der Waals surface area contributed by atoms with Gasteiger partial charge in [-0.1, -0.05) is 6.07 Å². The number of esters is 1. The predicted molar refractivity (Wildman–Crippen MR) is 101 cm³/mol. The normalized spacial score (nSPS) is 11.2. The van der Waals surface area contributed by atoms with Gasteiger partial charge in [-0.2, -0.15) is 5.26 Å². The van der Waals surface area contributed by atoms with E-state index in [2.05, 4.69) is 11.1 Å². The van der Waals surface area contributed by atoms with Crippen LogP contribution in [0.15, 0.2) is 23.1 Å². The van der Waals surface area contributed by atoms with Crippen LogP contribution in [-0.2, 0) is 4.74 Å². The molecule has 0 aliphatic rings. The van der Waals surface area contributed by atoms with Crippen LogP contribution in [-0.4, -0.2) is 22.8 Å². The standard InChI is InChI=1S/C20H21FN2O2S/c1-11-15(10-22)18(14-8-7-13(21)9-16(14)26-6)17(12(2)23-11)19(24)25-20(3,4)5/h7-9H,1-6H3. The molecular weight excluding hydrogens is 351 g/mol. The second-order valence-corrected chi connectivity index (χ2v) is 7.71. The predicted octanol–water partition coefficient (Wildman–Crippen LogP) is 5.05. The third kappa shape index (κ3) is 4.05. The zero-order valence-electron chi connectivity index (χ0n) is 15.7. The molecule has 0 bridgehead atoms. The summed E-state index contributed by atoms with van der Waals surface area (Å²) in [6.07, 6.45) is 1.82. The Bertz CT molecular complexity index is 911. The minimum Gasteiger partial charge on any atom is -0.456 e. The Morgan fingerprint density at radius 3 is 2.46 bits per heavy atom. The molecule has 1 aromatic carbocycles. The van der Waals surface area contributed by atoms with E-state index in [9.17, 15) is 14.4 Å². The lowest BCUT2D eigenvalue weighted by atomic mass is 9.93. The lowest BCUT2D eigenvalue weighted by Gasteiger charge is -2.22. The first-order valence-electron chi connectivity index (χ1n) is 8.07. The van der Waals surface area contributed by atoms with E-state index in [1.807, 2.05) is 6.26 Å². The van der Waals surface area contributed by atoms with Crippen molar-refractivity contribution in [2.75, 3.05) is 6.26 Å². The van der Waals surface area contributed by atoms with Gasteiger partial charge in [-0.3, -0.25) is 4.98 Å². The first-order valence-corrected chi connectivity index (χ1v) is 9.30. The summed E-state index contributed by atoms with van der Waals surface area (Å²) in [5.41, 5.74) is 1.89. The van der Waals surface area contributed by atoms with E-state index < -0.39 is 11.6 Å². The first kappa shape index (κ1) is 19.9. The van der Waals surface area contributed by atoms with Gasteiger partial charge in [-0.05, 0) is 58.6 Å². The van der Waals surface area contributed by atoms with Gasteiger partial charge >= 0.3 is 5.97 Å². The number of pyridine rings is 1. The fourth-order valence-electron chi connectivity index (χ4n) is 2.71. The average Bonchev–Trinajstić information content (AvgIpc) is 2.52. The highest BCUT2D eigenvalue weighted by atomic mass is 32.2. The molecule has 2 aromatic rings. The van der Waals surface area contributed by atoms with Crippen molar-refractivity contribution in [3.05, 3.63) is 46.5 Å². The Morgan fingerprint density at radius 2 is 1.92 bits per heavy atom. The summed E-state index contributed by atoms with van der Waals surface area (Å²) < 4.78 is 19.2. The highest BCUT2D eigenvalue weighted by Gasteiger charge is 2.28. The van der Waals surface area contributed by atoms with Gasteiger partial charge in [0, 0.05) is 10.5 Å². The summed E-state index contributed by atoms with van der Waals surface area (Å²) in [5, 5.41) is 9.69. The van der Waals surface area contributed by atoms with Crippen molar-refractivity contribution in [1.82, 2.24) is 4.98 Å². The van der Waals surface area contributed by atoms with Gasteiger partial charge in [0.25, 0.3) is 0 Å². The smallest absolute Gasteiger partial charge is 0.341 e. The minimum absolute atomic E-state index is 0.240. The van der Waals surface area contributed by atoms with Gasteiger partial charge in [-0.15, -0.1) is 11.8 Å². The highest BCUT2D eigenvalue weighted by molar-refractivity contribution is 7.98. The quantitative estimate of drug-likeness (QED) is 0.557. The second-order valence-electron chi connectivity index (χ2n) is 6.87. The number of carbonyl (C=O) groups excluding carboxylic acids is 1. The maximum absolute atomic E-state index is 13.7. The number of halogens is 1. The van der Waals surface area contributed by atoms with Crippen molar-refractivity contribution in [1.29, 1.82) is 5.26 Å². The molecule has 0 radical (unpaired) electrons. The molecule has 0 N–H and O–H groups in total. The van der Waals surface area contributed by atoms with Crippen LogP contribution < -0.4 is 0 Å². The van der Waals surface area contributed by atoms with Crippen molar-refractivity contribution in [2.45, 2.75) is 45.1 Å². The summed E-state index contributed by atoms with van der Waals surface area (Å²) in [6.45, 7) is 8.75. The Labute approximate surface area is 157 Å². The van der Waals surface area contributed by atoms with Crippen molar-refractivity contribution in [3.8, 4) is 17.2 Å². The molecular formula is C20H21FN2O2S. The molecule has 1 aromatic heterocycles. The molecule has 0 saturated heterocycles. The molecule has 0 aliphatic carbocycles. The molecule has 0 saturated carbocycles. The molecule has 0 fully saturated rings. The number of nitriles is 1. The maximum Gasteiger partial charge on any atom is 0.341 e. The van der Waals surface area contributed by atoms with Crippen LogP contribution in [0.2, 0.25) is 0 Å². The number of rotatable bonds is 3. The molecule has 136 valence electrons. The molecule has 0 atom stereocenters. The summed E-state index contributed by atoms with van der Waals surface area (Å²) in [7, 11) is 0. The van der Waals surface area contributed by atoms with E-state index >= 15 is 0 Å². The average molecular weight is 372 g/mol. The number of benzene rings is 1. The van der Waals surface area contributed by atoms with Crippen molar-refractivity contribution < 1.29 is 13.9 Å². The van der Waals surface area contributed by atoms with E-state index in [-0.39, 0.29) is 11.4 Å². The van der Waals surface area contributed by atoms with Crippen LogP contribution in [0.3, 0.4) is 0 Å². The molecule has 0 spiro atoms. The lowest BCUT2D eigenvalue weighted by molar-refractivity contribution is 0.00691. The van der Waals surface area contributed by atoms with Crippen molar-refractivity contribution in [3.63, 3.8) is 0 Å². The summed E-state index contributed by atoms with van der Waals surface area (Å²) in [6, 6.07) is 6.44. The monoisotopic (exact) mass is 372 g/mol. The zero-order valence-corrected chi connectivity index (χ0v) is 16.5. The number of aromatic nitrogens is 1. The maximum atomic E-state index is 13.7. The zero-order chi connectivity index (χ0) is 19.6. The Morgan fingerprint density at radius 1 is 1.27 bits per heavy atom. The fraction of sp³-hybridized carbons (Fsp3) is 0.350. The van der Waals surface area contributed by atoms with E-state index in [1.54, 1.807) is 40.7 Å². The second kappa shape index (κ2) is 7.46. The number of carbonyl (C=O) groups is 1. The van der Waals surface area contributed by atoms with Gasteiger partial charge in [0.2, 0.25) is 0 Å². The van der Waals surface area contributed by atoms with E-state index in [4.69, 9.17) is 4.74 Å². The molecule has 0 aliphatic heterocycles. The van der Waals surface area contributed by atoms with Crippen LogP contribution in [0.25, 0.3) is 11.1 Å². The number of hydrogen-bond acceptors (Lipinski definition) is 5. The third-order valence-electron chi connectivity index (χ3n) is 3.71. The molecule has 0 unspecified atom stereocenters. The van der Waals surface area contributed by atoms with Crippen LogP contribution in [0.4, 0.5) is 4.39 Å². The number of ether oxygens (including phenoxy) is 1. The third-order valence-corrected chi connectivity index (χ3v) is 4.48. The van der Waals surface area contributed by atoms with Gasteiger partial charge < -0.3 is 4.74 Å². The topological polar surface area (TPSA) is 63.0 Å². The van der Waals surface area contributed by atoms with Crippen LogP contribution in [0, 0.1) is 31.0 Å². The molecule has 6 heteroatoms. The lowest BCUT2D eigenvalue weighted by Crippen LogP contribution is -2.25. The molecule has 0 amide bonds. The summed E-state index contributed by atoms with van der Waals surface area (Å²) in [5.74, 6) is -0.927. The number of aryl methyl sites for hydroxylation is 2. The summed E-state index contributed by atoms with van der Waals surface area (Å²) in [4.78, 5) is 17.9. The van der Waals surface area contributed by atoms with E-state index in [1.165, 1.54) is 23.9 Å². The van der Waals surface area contributed by atoms with Gasteiger partial charge in [-0.25, -0.2) is 9.18 Å². The van der Waals surface area contributed by atoms with Gasteiger partial charge in [0.1, 0.15) is 17.5 Å². The van der Waals surface area contributed by atoms with Crippen LogP contribution >= 0.6 is 11.8 Å². The Balaban J connectivity index is 2.87. The molecule has 1 heterocycles. The van der Waals surface area contributed by atoms with Gasteiger partial charge in [0.15, 0.2) is 0 Å². The molecule has 26 heavy (non-hydrogen) atoms. The number of thioether (sulfide) groups is 1. The number of hydrogen-bond donors (Lipinski definition) is 0. The van der Waals surface area contributed by atoms with Crippen molar-refractivity contribution in [2.24, 2.45) is 0 Å². The Kier molecular flexibility index (Phi) is 5.72. The van der Waals surface area contributed by atoms with Gasteiger partial charge in [0.05, 0.1) is 22.5 Å².